The molecule has 2 rings (SSSR count). The second-order valence-corrected chi connectivity index (χ2v) is 5.85. The topological polar surface area (TPSA) is 86.6 Å². The highest BCUT2D eigenvalue weighted by atomic mass is 127. The first-order chi connectivity index (χ1) is 8.97. The lowest BCUT2D eigenvalue weighted by Crippen LogP contribution is -2.33. The molecular weight excluding hydrogens is 361 g/mol. The van der Waals surface area contributed by atoms with Crippen molar-refractivity contribution in [3.8, 4) is 5.75 Å². The lowest BCUT2D eigenvalue weighted by Gasteiger charge is -2.12. The predicted molar refractivity (Wildman–Crippen MR) is 77.1 cm³/mol. The summed E-state index contributed by atoms with van der Waals surface area (Å²) in [7, 11) is 0. The minimum Gasteiger partial charge on any atom is -0.507 e. The molecule has 0 aliphatic heterocycles. The monoisotopic (exact) mass is 375 g/mol. The normalized spacial score (nSPS) is 22.2. The molecule has 5 nitrogen and oxygen atoms in total. The average molecular weight is 375 g/mol. The number of amides is 1. The van der Waals surface area contributed by atoms with E-state index < -0.39 is 5.97 Å². The fourth-order valence-electron chi connectivity index (χ4n) is 2.26. The number of phenolic OH excluding ortho intramolecular Hbond substituents is 1. The van der Waals surface area contributed by atoms with Crippen molar-refractivity contribution in [1.29, 1.82) is 0 Å². The van der Waals surface area contributed by atoms with Gasteiger partial charge in [0.2, 0.25) is 0 Å². The minimum absolute atomic E-state index is 0.0723. The van der Waals surface area contributed by atoms with E-state index in [2.05, 4.69) is 5.32 Å². The summed E-state index contributed by atoms with van der Waals surface area (Å²) in [5.41, 5.74) is 0.386. The van der Waals surface area contributed by atoms with Crippen LogP contribution in [-0.4, -0.2) is 28.1 Å². The molecule has 1 aromatic carbocycles. The number of hydrogen-bond acceptors (Lipinski definition) is 3. The zero-order chi connectivity index (χ0) is 14.0. The first kappa shape index (κ1) is 14.1. The number of carbonyl (C=O) groups excluding carboxylic acids is 1. The fraction of sp³-hybridized carbons (Fsp3) is 0.385. The summed E-state index contributed by atoms with van der Waals surface area (Å²) in [5, 5.41) is 21.3. The number of carbonyl (C=O) groups is 2. The molecule has 3 N–H and O–H groups in total. The SMILES string of the molecule is O=C(NC1CCC(C(=O)O)C1)c1ccc(I)c(O)c1. The number of aliphatic carboxylic acids is 1. The largest absolute Gasteiger partial charge is 0.507 e. The summed E-state index contributed by atoms with van der Waals surface area (Å²) in [6.45, 7) is 0. The van der Waals surface area contributed by atoms with E-state index in [4.69, 9.17) is 5.11 Å². The van der Waals surface area contributed by atoms with Gasteiger partial charge in [0.05, 0.1) is 9.49 Å². The molecule has 0 saturated heterocycles. The molecule has 19 heavy (non-hydrogen) atoms. The molecule has 1 aliphatic rings. The van der Waals surface area contributed by atoms with E-state index in [9.17, 15) is 14.7 Å². The number of phenols is 1. The second-order valence-electron chi connectivity index (χ2n) is 4.68. The summed E-state index contributed by atoms with van der Waals surface area (Å²) >= 11 is 1.98. The molecule has 2 atom stereocenters. The van der Waals surface area contributed by atoms with Crippen LogP contribution in [0.2, 0.25) is 0 Å². The molecule has 1 amide bonds. The van der Waals surface area contributed by atoms with E-state index in [-0.39, 0.29) is 23.6 Å². The Bertz CT molecular complexity index is 517. The van der Waals surface area contributed by atoms with E-state index in [1.165, 1.54) is 6.07 Å². The molecule has 2 unspecified atom stereocenters. The van der Waals surface area contributed by atoms with Crippen molar-refractivity contribution < 1.29 is 19.8 Å². The molecule has 0 spiro atoms. The van der Waals surface area contributed by atoms with Crippen molar-refractivity contribution in [3.05, 3.63) is 27.3 Å². The van der Waals surface area contributed by atoms with Gasteiger partial charge in [-0.1, -0.05) is 0 Å². The van der Waals surface area contributed by atoms with Crippen molar-refractivity contribution >= 4 is 34.5 Å². The highest BCUT2D eigenvalue weighted by Crippen LogP contribution is 2.26. The minimum atomic E-state index is -0.802. The zero-order valence-electron chi connectivity index (χ0n) is 10.1. The van der Waals surface area contributed by atoms with Crippen molar-refractivity contribution in [2.75, 3.05) is 0 Å². The quantitative estimate of drug-likeness (QED) is 0.706. The molecule has 1 saturated carbocycles. The van der Waals surface area contributed by atoms with Gasteiger partial charge in [-0.2, -0.15) is 0 Å². The Hall–Kier alpha value is -1.31. The number of hydrogen-bond donors (Lipinski definition) is 3. The molecule has 0 heterocycles. The Labute approximate surface area is 124 Å². The Morgan fingerprint density at radius 3 is 2.63 bits per heavy atom. The smallest absolute Gasteiger partial charge is 0.306 e. The third-order valence-corrected chi connectivity index (χ3v) is 4.24. The molecule has 0 aromatic heterocycles. The van der Waals surface area contributed by atoms with Gasteiger partial charge >= 0.3 is 5.97 Å². The Balaban J connectivity index is 1.98. The molecule has 1 aliphatic carbocycles. The highest BCUT2D eigenvalue weighted by Gasteiger charge is 2.30. The molecule has 6 heteroatoms. The lowest BCUT2D eigenvalue weighted by molar-refractivity contribution is -0.141. The van der Waals surface area contributed by atoms with Crippen LogP contribution in [0.5, 0.6) is 5.75 Å². The van der Waals surface area contributed by atoms with Crippen LogP contribution in [0.25, 0.3) is 0 Å². The Kier molecular flexibility index (Phi) is 4.28. The number of carboxylic acid groups (broad SMARTS) is 1. The van der Waals surface area contributed by atoms with E-state index >= 15 is 0 Å². The third-order valence-electron chi connectivity index (χ3n) is 3.33. The number of benzene rings is 1. The number of aromatic hydroxyl groups is 1. The number of rotatable bonds is 3. The van der Waals surface area contributed by atoms with Gasteiger partial charge in [0, 0.05) is 11.6 Å². The van der Waals surface area contributed by atoms with Crippen LogP contribution in [0.4, 0.5) is 0 Å². The van der Waals surface area contributed by atoms with Crippen LogP contribution in [0.15, 0.2) is 18.2 Å². The van der Waals surface area contributed by atoms with Crippen LogP contribution < -0.4 is 5.32 Å². The molecule has 0 bridgehead atoms. The first-order valence-electron chi connectivity index (χ1n) is 5.99. The molecule has 1 aromatic rings. The van der Waals surface area contributed by atoms with Gasteiger partial charge in [-0.15, -0.1) is 0 Å². The third kappa shape index (κ3) is 3.37. The molecule has 0 radical (unpaired) electrons. The highest BCUT2D eigenvalue weighted by molar-refractivity contribution is 14.1. The van der Waals surface area contributed by atoms with E-state index in [1.807, 2.05) is 22.6 Å². The van der Waals surface area contributed by atoms with Crippen LogP contribution in [0.1, 0.15) is 29.6 Å². The fourth-order valence-corrected chi connectivity index (χ4v) is 2.60. The van der Waals surface area contributed by atoms with Crippen molar-refractivity contribution in [2.24, 2.45) is 5.92 Å². The van der Waals surface area contributed by atoms with E-state index in [0.29, 0.717) is 28.4 Å². The van der Waals surface area contributed by atoms with Crippen molar-refractivity contribution in [2.45, 2.75) is 25.3 Å². The molecule has 1 fully saturated rings. The maximum absolute atomic E-state index is 12.0. The van der Waals surface area contributed by atoms with E-state index in [1.54, 1.807) is 12.1 Å². The average Bonchev–Trinajstić information content (AvgIpc) is 2.81. The zero-order valence-corrected chi connectivity index (χ0v) is 12.3. The van der Waals surface area contributed by atoms with Crippen LogP contribution in [-0.2, 0) is 4.79 Å². The van der Waals surface area contributed by atoms with Gasteiger partial charge in [0.1, 0.15) is 5.75 Å². The summed E-state index contributed by atoms with van der Waals surface area (Å²) < 4.78 is 0.681. The Morgan fingerprint density at radius 1 is 1.32 bits per heavy atom. The second kappa shape index (κ2) is 5.77. The summed E-state index contributed by atoms with van der Waals surface area (Å²) in [4.78, 5) is 22.8. The molecular formula is C13H14INO4. The van der Waals surface area contributed by atoms with E-state index in [0.717, 1.165) is 0 Å². The maximum atomic E-state index is 12.0. The summed E-state index contributed by atoms with van der Waals surface area (Å²) in [5.74, 6) is -1.37. The van der Waals surface area contributed by atoms with Crippen molar-refractivity contribution in [1.82, 2.24) is 5.32 Å². The van der Waals surface area contributed by atoms with Gasteiger partial charge in [-0.25, -0.2) is 0 Å². The number of nitrogens with one attached hydrogen (secondary N) is 1. The van der Waals surface area contributed by atoms with Gasteiger partial charge in [0.25, 0.3) is 5.91 Å². The summed E-state index contributed by atoms with van der Waals surface area (Å²) in [6, 6.07) is 4.62. The maximum Gasteiger partial charge on any atom is 0.306 e. The van der Waals surface area contributed by atoms with Gasteiger partial charge < -0.3 is 15.5 Å². The standard InChI is InChI=1S/C13H14INO4/c14-10-4-2-7(6-11(10)16)12(17)15-9-3-1-8(5-9)13(18)19/h2,4,6,8-9,16H,1,3,5H2,(H,15,17)(H,18,19). The predicted octanol–water partition coefficient (Wildman–Crippen LogP) is 1.98. The van der Waals surface area contributed by atoms with Gasteiger partial charge in [-0.3, -0.25) is 9.59 Å². The van der Waals surface area contributed by atoms with Gasteiger partial charge in [0.15, 0.2) is 0 Å². The Morgan fingerprint density at radius 2 is 2.05 bits per heavy atom. The van der Waals surface area contributed by atoms with Crippen LogP contribution in [0, 0.1) is 9.49 Å². The van der Waals surface area contributed by atoms with Crippen molar-refractivity contribution in [3.63, 3.8) is 0 Å². The first-order valence-corrected chi connectivity index (χ1v) is 7.07. The lowest BCUT2D eigenvalue weighted by atomic mass is 10.1. The van der Waals surface area contributed by atoms with Crippen LogP contribution in [0.3, 0.4) is 0 Å². The summed E-state index contributed by atoms with van der Waals surface area (Å²) in [6.07, 6.45) is 1.74. The number of carboxylic acids is 1. The van der Waals surface area contributed by atoms with Crippen LogP contribution >= 0.6 is 22.6 Å². The van der Waals surface area contributed by atoms with Gasteiger partial charge in [-0.05, 0) is 60.1 Å². The number of halogens is 1. The molecule has 102 valence electrons.